The summed E-state index contributed by atoms with van der Waals surface area (Å²) in [6.45, 7) is 1.99. The van der Waals surface area contributed by atoms with Crippen LogP contribution in [0.3, 0.4) is 0 Å². The van der Waals surface area contributed by atoms with Gasteiger partial charge in [-0.3, -0.25) is 9.36 Å². The molecule has 160 valence electrons. The topological polar surface area (TPSA) is 88.8 Å². The average molecular weight is 427 g/mol. The standard InChI is InChI=1S/C26H21NO5/c1-2-32-26(31)19-13-15-20(16-14-19)27-22(17-9-5-3-6-10-17)21(24(29)25(27)30)23(28)18-11-7-4-8-12-18/h3-16,29-30H,2H2,1H3. The Morgan fingerprint density at radius 2 is 1.41 bits per heavy atom. The fourth-order valence-electron chi connectivity index (χ4n) is 3.58. The van der Waals surface area contributed by atoms with Gasteiger partial charge >= 0.3 is 5.97 Å². The largest absolute Gasteiger partial charge is 0.503 e. The van der Waals surface area contributed by atoms with Gasteiger partial charge in [0.2, 0.25) is 5.88 Å². The van der Waals surface area contributed by atoms with E-state index < -0.39 is 23.4 Å². The van der Waals surface area contributed by atoms with Gasteiger partial charge in [-0.25, -0.2) is 4.79 Å². The molecule has 0 aliphatic rings. The molecular formula is C26H21NO5. The van der Waals surface area contributed by atoms with Crippen molar-refractivity contribution in [1.82, 2.24) is 4.57 Å². The van der Waals surface area contributed by atoms with Crippen LogP contribution in [-0.4, -0.2) is 33.1 Å². The molecule has 0 atom stereocenters. The molecule has 0 radical (unpaired) electrons. The summed E-state index contributed by atoms with van der Waals surface area (Å²) in [6.07, 6.45) is 0. The maximum absolute atomic E-state index is 13.3. The molecule has 0 bridgehead atoms. The van der Waals surface area contributed by atoms with E-state index >= 15 is 0 Å². The number of nitrogens with zero attached hydrogens (tertiary/aromatic N) is 1. The van der Waals surface area contributed by atoms with E-state index in [2.05, 4.69) is 0 Å². The van der Waals surface area contributed by atoms with E-state index in [1.165, 1.54) is 4.57 Å². The van der Waals surface area contributed by atoms with Crippen molar-refractivity contribution in [3.05, 3.63) is 102 Å². The molecule has 0 unspecified atom stereocenters. The Morgan fingerprint density at radius 3 is 2.00 bits per heavy atom. The predicted octanol–water partition coefficient (Wildman–Crippen LogP) is 4.96. The van der Waals surface area contributed by atoms with Gasteiger partial charge in [0.25, 0.3) is 0 Å². The summed E-state index contributed by atoms with van der Waals surface area (Å²) in [5, 5.41) is 21.6. The number of aromatic hydroxyl groups is 2. The van der Waals surface area contributed by atoms with Gasteiger partial charge in [-0.2, -0.15) is 0 Å². The highest BCUT2D eigenvalue weighted by Crippen LogP contribution is 2.43. The second kappa shape index (κ2) is 8.81. The van der Waals surface area contributed by atoms with Crippen molar-refractivity contribution in [2.45, 2.75) is 6.92 Å². The molecule has 2 N–H and O–H groups in total. The average Bonchev–Trinajstić information content (AvgIpc) is 3.10. The second-order valence-corrected chi connectivity index (χ2v) is 7.06. The molecule has 4 rings (SSSR count). The summed E-state index contributed by atoms with van der Waals surface area (Å²) >= 11 is 0. The first-order valence-corrected chi connectivity index (χ1v) is 10.1. The molecule has 0 amide bonds. The normalized spacial score (nSPS) is 10.7. The first kappa shape index (κ1) is 20.9. The van der Waals surface area contributed by atoms with E-state index in [9.17, 15) is 19.8 Å². The number of hydrogen-bond acceptors (Lipinski definition) is 5. The van der Waals surface area contributed by atoms with E-state index in [1.807, 2.05) is 6.07 Å². The van der Waals surface area contributed by atoms with E-state index in [-0.39, 0.29) is 12.2 Å². The maximum Gasteiger partial charge on any atom is 0.338 e. The van der Waals surface area contributed by atoms with Gasteiger partial charge in [0, 0.05) is 11.3 Å². The monoisotopic (exact) mass is 427 g/mol. The van der Waals surface area contributed by atoms with Crippen LogP contribution in [-0.2, 0) is 4.74 Å². The van der Waals surface area contributed by atoms with Crippen LogP contribution in [0, 0.1) is 0 Å². The zero-order valence-electron chi connectivity index (χ0n) is 17.4. The molecular weight excluding hydrogens is 406 g/mol. The molecule has 0 saturated heterocycles. The SMILES string of the molecule is CCOC(=O)c1ccc(-n2c(O)c(O)c(C(=O)c3ccccc3)c2-c2ccccc2)cc1. The summed E-state index contributed by atoms with van der Waals surface area (Å²) in [6, 6.07) is 24.0. The number of ether oxygens (including phenoxy) is 1. The van der Waals surface area contributed by atoms with Gasteiger partial charge in [0.05, 0.1) is 23.4 Å². The molecule has 3 aromatic carbocycles. The van der Waals surface area contributed by atoms with Gasteiger partial charge in [-0.05, 0) is 36.8 Å². The van der Waals surface area contributed by atoms with Crippen LogP contribution in [0.1, 0.15) is 33.2 Å². The van der Waals surface area contributed by atoms with Gasteiger partial charge in [-0.1, -0.05) is 60.7 Å². The van der Waals surface area contributed by atoms with Crippen LogP contribution in [0.2, 0.25) is 0 Å². The number of carbonyl (C=O) groups is 2. The van der Waals surface area contributed by atoms with Gasteiger partial charge in [0.1, 0.15) is 0 Å². The van der Waals surface area contributed by atoms with Crippen LogP contribution >= 0.6 is 0 Å². The van der Waals surface area contributed by atoms with Crippen molar-refractivity contribution >= 4 is 11.8 Å². The van der Waals surface area contributed by atoms with Gasteiger partial charge < -0.3 is 14.9 Å². The fraction of sp³-hybridized carbons (Fsp3) is 0.0769. The van der Waals surface area contributed by atoms with Crippen LogP contribution in [0.25, 0.3) is 16.9 Å². The summed E-state index contributed by atoms with van der Waals surface area (Å²) < 4.78 is 6.41. The Balaban J connectivity index is 1.92. The van der Waals surface area contributed by atoms with Crippen molar-refractivity contribution in [3.8, 4) is 28.6 Å². The molecule has 0 aliphatic carbocycles. The third kappa shape index (κ3) is 3.74. The van der Waals surface area contributed by atoms with E-state index in [0.29, 0.717) is 28.1 Å². The molecule has 0 fully saturated rings. The lowest BCUT2D eigenvalue weighted by atomic mass is 9.99. The zero-order chi connectivity index (χ0) is 22.7. The quantitative estimate of drug-likeness (QED) is 0.335. The summed E-state index contributed by atoms with van der Waals surface area (Å²) in [5.74, 6) is -1.85. The highest BCUT2D eigenvalue weighted by atomic mass is 16.5. The van der Waals surface area contributed by atoms with Crippen LogP contribution in [0.4, 0.5) is 0 Å². The zero-order valence-corrected chi connectivity index (χ0v) is 17.4. The maximum atomic E-state index is 13.3. The number of hydrogen-bond donors (Lipinski definition) is 2. The Morgan fingerprint density at radius 1 is 0.812 bits per heavy atom. The van der Waals surface area contributed by atoms with Crippen LogP contribution in [0.5, 0.6) is 11.6 Å². The van der Waals surface area contributed by atoms with Crippen molar-refractivity contribution in [3.63, 3.8) is 0 Å². The lowest BCUT2D eigenvalue weighted by Gasteiger charge is -2.12. The highest BCUT2D eigenvalue weighted by Gasteiger charge is 2.29. The molecule has 0 spiro atoms. The predicted molar refractivity (Wildman–Crippen MR) is 120 cm³/mol. The van der Waals surface area contributed by atoms with Crippen molar-refractivity contribution in [2.24, 2.45) is 0 Å². The van der Waals surface area contributed by atoms with Crippen molar-refractivity contribution in [2.75, 3.05) is 6.61 Å². The second-order valence-electron chi connectivity index (χ2n) is 7.06. The van der Waals surface area contributed by atoms with Crippen LogP contribution in [0.15, 0.2) is 84.9 Å². The Labute approximate surface area is 185 Å². The molecule has 1 heterocycles. The molecule has 6 heteroatoms. The summed E-state index contributed by atoms with van der Waals surface area (Å²) in [7, 11) is 0. The number of esters is 1. The minimum Gasteiger partial charge on any atom is -0.503 e. The van der Waals surface area contributed by atoms with E-state index in [4.69, 9.17) is 4.74 Å². The number of benzene rings is 3. The molecule has 1 aromatic heterocycles. The molecule has 0 saturated carbocycles. The van der Waals surface area contributed by atoms with Gasteiger partial charge in [-0.15, -0.1) is 0 Å². The number of rotatable bonds is 6. The first-order valence-electron chi connectivity index (χ1n) is 10.1. The molecule has 4 aromatic rings. The Kier molecular flexibility index (Phi) is 5.77. The highest BCUT2D eigenvalue weighted by molar-refractivity contribution is 6.15. The smallest absolute Gasteiger partial charge is 0.338 e. The fourth-order valence-corrected chi connectivity index (χ4v) is 3.58. The Bertz CT molecular complexity index is 1260. The number of carbonyl (C=O) groups excluding carboxylic acids is 2. The van der Waals surface area contributed by atoms with Crippen molar-refractivity contribution < 1.29 is 24.5 Å². The molecule has 0 aliphatic heterocycles. The first-order chi connectivity index (χ1) is 15.5. The number of ketones is 1. The van der Waals surface area contributed by atoms with E-state index in [0.717, 1.165) is 0 Å². The molecule has 6 nitrogen and oxygen atoms in total. The van der Waals surface area contributed by atoms with Gasteiger partial charge in [0.15, 0.2) is 11.5 Å². The molecule has 32 heavy (non-hydrogen) atoms. The number of aromatic nitrogens is 1. The summed E-state index contributed by atoms with van der Waals surface area (Å²) in [5.41, 5.74) is 2.18. The van der Waals surface area contributed by atoms with Crippen molar-refractivity contribution in [1.29, 1.82) is 0 Å². The minimum absolute atomic E-state index is 0.00521. The summed E-state index contributed by atoms with van der Waals surface area (Å²) in [4.78, 5) is 25.3. The Hall–Kier alpha value is -4.32. The lowest BCUT2D eigenvalue weighted by molar-refractivity contribution is 0.0526. The van der Waals surface area contributed by atoms with E-state index in [1.54, 1.807) is 85.8 Å². The third-order valence-electron chi connectivity index (χ3n) is 5.07. The minimum atomic E-state index is -0.507. The third-order valence-corrected chi connectivity index (χ3v) is 5.07. The lowest BCUT2D eigenvalue weighted by Crippen LogP contribution is -2.06. The van der Waals surface area contributed by atoms with Crippen LogP contribution < -0.4 is 0 Å².